The van der Waals surface area contributed by atoms with Gasteiger partial charge in [-0.05, 0) is 56.0 Å². The second-order valence-electron chi connectivity index (χ2n) is 6.50. The molecule has 0 radical (unpaired) electrons. The molecule has 2 N–H and O–H groups in total. The summed E-state index contributed by atoms with van der Waals surface area (Å²) in [4.78, 5) is 12.3. The van der Waals surface area contributed by atoms with Gasteiger partial charge in [0, 0.05) is 36.6 Å². The summed E-state index contributed by atoms with van der Waals surface area (Å²) in [6.07, 6.45) is 8.29. The monoisotopic (exact) mass is 326 g/mol. The Morgan fingerprint density at radius 2 is 2.08 bits per heavy atom. The molecule has 1 aromatic heterocycles. The summed E-state index contributed by atoms with van der Waals surface area (Å²) in [5, 5.41) is 10.2. The van der Waals surface area contributed by atoms with Gasteiger partial charge in [0.05, 0.1) is 11.8 Å². The predicted molar refractivity (Wildman–Crippen MR) is 91.2 cm³/mol. The summed E-state index contributed by atoms with van der Waals surface area (Å²) in [5.41, 5.74) is 1.74. The van der Waals surface area contributed by atoms with Gasteiger partial charge in [-0.15, -0.1) is 0 Å². The Morgan fingerprint density at radius 3 is 2.88 bits per heavy atom. The number of urea groups is 1. The first-order valence-corrected chi connectivity index (χ1v) is 8.59. The number of anilines is 1. The molecule has 2 fully saturated rings. The highest BCUT2D eigenvalue weighted by Gasteiger charge is 2.38. The quantitative estimate of drug-likeness (QED) is 0.911. The van der Waals surface area contributed by atoms with E-state index in [0.29, 0.717) is 12.0 Å². The average molecular weight is 326 g/mol. The minimum atomic E-state index is -0.139. The van der Waals surface area contributed by atoms with Crippen LogP contribution in [0.4, 0.5) is 10.5 Å². The summed E-state index contributed by atoms with van der Waals surface area (Å²) < 4.78 is 7.54. The Labute approximate surface area is 141 Å². The molecule has 1 saturated carbocycles. The van der Waals surface area contributed by atoms with E-state index in [9.17, 15) is 4.79 Å². The topological polar surface area (TPSA) is 68.2 Å². The van der Waals surface area contributed by atoms with Crippen molar-refractivity contribution in [2.75, 3.05) is 11.9 Å². The van der Waals surface area contributed by atoms with E-state index >= 15 is 0 Å². The number of hydrogen-bond acceptors (Lipinski definition) is 3. The second-order valence-corrected chi connectivity index (χ2v) is 6.50. The van der Waals surface area contributed by atoms with Crippen LogP contribution in [0.25, 0.3) is 5.69 Å². The highest BCUT2D eigenvalue weighted by Crippen LogP contribution is 2.34. The highest BCUT2D eigenvalue weighted by molar-refractivity contribution is 5.89. The zero-order valence-electron chi connectivity index (χ0n) is 13.5. The van der Waals surface area contributed by atoms with Crippen LogP contribution in [0.1, 0.15) is 25.7 Å². The van der Waals surface area contributed by atoms with Crippen molar-refractivity contribution in [3.8, 4) is 5.69 Å². The predicted octanol–water partition coefficient (Wildman–Crippen LogP) is 2.95. The molecule has 2 heterocycles. The maximum atomic E-state index is 12.3. The largest absolute Gasteiger partial charge is 0.378 e. The van der Waals surface area contributed by atoms with Crippen molar-refractivity contribution < 1.29 is 9.53 Å². The molecule has 0 bridgehead atoms. The lowest BCUT2D eigenvalue weighted by Crippen LogP contribution is -2.47. The molecule has 126 valence electrons. The molecule has 1 aliphatic heterocycles. The molecular weight excluding hydrogens is 304 g/mol. The number of hydrogen-bond donors (Lipinski definition) is 2. The number of fused-ring (bicyclic) bond motifs is 1. The number of amides is 2. The minimum absolute atomic E-state index is 0.139. The smallest absolute Gasteiger partial charge is 0.319 e. The number of rotatable bonds is 3. The van der Waals surface area contributed by atoms with Gasteiger partial charge in [-0.3, -0.25) is 0 Å². The average Bonchev–Trinajstić information content (AvgIpc) is 3.27. The van der Waals surface area contributed by atoms with Gasteiger partial charge in [-0.25, -0.2) is 9.48 Å². The van der Waals surface area contributed by atoms with Gasteiger partial charge in [0.15, 0.2) is 0 Å². The number of ether oxygens (including phenoxy) is 1. The van der Waals surface area contributed by atoms with E-state index in [4.69, 9.17) is 4.74 Å². The summed E-state index contributed by atoms with van der Waals surface area (Å²) >= 11 is 0. The Kier molecular flexibility index (Phi) is 4.21. The fourth-order valence-electron chi connectivity index (χ4n) is 3.81. The van der Waals surface area contributed by atoms with Crippen LogP contribution >= 0.6 is 0 Å². The molecule has 2 aliphatic rings. The number of carbonyl (C=O) groups is 1. The molecule has 0 spiro atoms. The van der Waals surface area contributed by atoms with E-state index in [1.165, 1.54) is 0 Å². The molecule has 24 heavy (non-hydrogen) atoms. The molecule has 2 aromatic rings. The zero-order chi connectivity index (χ0) is 16.4. The Balaban J connectivity index is 1.36. The van der Waals surface area contributed by atoms with Crippen molar-refractivity contribution in [1.29, 1.82) is 0 Å². The first-order chi connectivity index (χ1) is 11.8. The zero-order valence-corrected chi connectivity index (χ0v) is 13.5. The van der Waals surface area contributed by atoms with Gasteiger partial charge >= 0.3 is 6.03 Å². The second kappa shape index (κ2) is 6.65. The number of aromatic nitrogens is 2. The normalized spacial score (nSPS) is 25.9. The summed E-state index contributed by atoms with van der Waals surface area (Å²) in [7, 11) is 0. The Bertz CT molecular complexity index is 684. The van der Waals surface area contributed by atoms with E-state index in [0.717, 1.165) is 43.7 Å². The van der Waals surface area contributed by atoms with Gasteiger partial charge in [0.1, 0.15) is 0 Å². The number of benzene rings is 1. The van der Waals surface area contributed by atoms with Gasteiger partial charge in [-0.2, -0.15) is 5.10 Å². The van der Waals surface area contributed by atoms with Crippen molar-refractivity contribution in [3.05, 3.63) is 42.7 Å². The molecule has 6 heteroatoms. The summed E-state index contributed by atoms with van der Waals surface area (Å²) in [5.74, 6) is 0.465. The standard InChI is InChI=1S/C18H22N4O2/c23-18(21-16-3-1-4-17-15(16)9-12-24-17)20-13-5-7-14(8-6-13)22-11-2-10-19-22/h2,5-8,10-11,15-17H,1,3-4,9,12H2,(H2,20,21,23)/t15-,16-,17+/m1/s1. The van der Waals surface area contributed by atoms with Gasteiger partial charge in [0.25, 0.3) is 0 Å². The molecule has 3 atom stereocenters. The molecule has 1 aromatic carbocycles. The lowest BCUT2D eigenvalue weighted by molar-refractivity contribution is 0.0553. The van der Waals surface area contributed by atoms with Crippen LogP contribution in [0.3, 0.4) is 0 Å². The third kappa shape index (κ3) is 3.14. The van der Waals surface area contributed by atoms with Gasteiger partial charge < -0.3 is 15.4 Å². The summed E-state index contributed by atoms with van der Waals surface area (Å²) in [6, 6.07) is 9.60. The van der Waals surface area contributed by atoms with Crippen LogP contribution in [-0.4, -0.2) is 34.6 Å². The summed E-state index contributed by atoms with van der Waals surface area (Å²) in [6.45, 7) is 0.823. The maximum Gasteiger partial charge on any atom is 0.319 e. The van der Waals surface area contributed by atoms with E-state index in [2.05, 4.69) is 15.7 Å². The molecule has 4 rings (SSSR count). The Morgan fingerprint density at radius 1 is 1.21 bits per heavy atom. The molecule has 1 aliphatic carbocycles. The van der Waals surface area contributed by atoms with E-state index in [-0.39, 0.29) is 12.1 Å². The van der Waals surface area contributed by atoms with Crippen molar-refractivity contribution in [2.24, 2.45) is 5.92 Å². The van der Waals surface area contributed by atoms with Crippen molar-refractivity contribution in [1.82, 2.24) is 15.1 Å². The lowest BCUT2D eigenvalue weighted by Gasteiger charge is -2.33. The fraction of sp³-hybridized carbons (Fsp3) is 0.444. The van der Waals surface area contributed by atoms with E-state index in [1.807, 2.05) is 36.5 Å². The Hall–Kier alpha value is -2.34. The van der Waals surface area contributed by atoms with Crippen LogP contribution in [-0.2, 0) is 4.74 Å². The van der Waals surface area contributed by atoms with E-state index in [1.54, 1.807) is 10.9 Å². The van der Waals surface area contributed by atoms with Crippen LogP contribution in [0.15, 0.2) is 42.7 Å². The van der Waals surface area contributed by atoms with Crippen LogP contribution in [0.5, 0.6) is 0 Å². The molecule has 6 nitrogen and oxygen atoms in total. The van der Waals surface area contributed by atoms with Crippen molar-refractivity contribution >= 4 is 11.7 Å². The highest BCUT2D eigenvalue weighted by atomic mass is 16.5. The number of carbonyl (C=O) groups excluding carboxylic acids is 1. The van der Waals surface area contributed by atoms with Gasteiger partial charge in [0.2, 0.25) is 0 Å². The first-order valence-electron chi connectivity index (χ1n) is 8.59. The maximum absolute atomic E-state index is 12.3. The fourth-order valence-corrected chi connectivity index (χ4v) is 3.81. The van der Waals surface area contributed by atoms with Gasteiger partial charge in [-0.1, -0.05) is 0 Å². The minimum Gasteiger partial charge on any atom is -0.378 e. The third-order valence-corrected chi connectivity index (χ3v) is 4.99. The van der Waals surface area contributed by atoms with Crippen LogP contribution < -0.4 is 10.6 Å². The number of nitrogens with zero attached hydrogens (tertiary/aromatic N) is 2. The molecule has 1 saturated heterocycles. The first kappa shape index (κ1) is 15.2. The lowest BCUT2D eigenvalue weighted by atomic mass is 9.82. The van der Waals surface area contributed by atoms with Crippen molar-refractivity contribution in [2.45, 2.75) is 37.8 Å². The third-order valence-electron chi connectivity index (χ3n) is 4.99. The molecular formula is C18H22N4O2. The van der Waals surface area contributed by atoms with Crippen LogP contribution in [0, 0.1) is 5.92 Å². The van der Waals surface area contributed by atoms with Crippen LogP contribution in [0.2, 0.25) is 0 Å². The van der Waals surface area contributed by atoms with Crippen molar-refractivity contribution in [3.63, 3.8) is 0 Å². The van der Waals surface area contributed by atoms with E-state index < -0.39 is 0 Å². The SMILES string of the molecule is O=C(Nc1ccc(-n2cccn2)cc1)N[C@@H]1CCC[C@@H]2OCC[C@@H]21. The molecule has 0 unspecified atom stereocenters. The number of nitrogens with one attached hydrogen (secondary N) is 2. The molecule has 2 amide bonds.